The molecule has 0 unspecified atom stereocenters. The average Bonchev–Trinajstić information content (AvgIpc) is 2.77. The molecule has 0 saturated carbocycles. The van der Waals surface area contributed by atoms with Gasteiger partial charge < -0.3 is 15.0 Å². The summed E-state index contributed by atoms with van der Waals surface area (Å²) >= 11 is 0. The maximum absolute atomic E-state index is 12.5. The second-order valence-corrected chi connectivity index (χ2v) is 8.57. The van der Waals surface area contributed by atoms with Gasteiger partial charge in [0.05, 0.1) is 0 Å². The molecule has 3 rings (SSSR count). The van der Waals surface area contributed by atoms with Crippen LogP contribution >= 0.6 is 0 Å². The zero-order chi connectivity index (χ0) is 23.1. The van der Waals surface area contributed by atoms with E-state index in [0.717, 1.165) is 22.4 Å². The molecule has 6 nitrogen and oxygen atoms in total. The lowest BCUT2D eigenvalue weighted by molar-refractivity contribution is -0.134. The fraction of sp³-hybridized carbons (Fsp3) is 0.423. The molecule has 1 aliphatic heterocycles. The number of Topliss-reactive ketones (excluding diaryl/α,β-unsaturated/α-hetero) is 1. The van der Waals surface area contributed by atoms with E-state index in [0.29, 0.717) is 31.5 Å². The zero-order valence-corrected chi connectivity index (χ0v) is 19.1. The van der Waals surface area contributed by atoms with Gasteiger partial charge in [0.25, 0.3) is 5.91 Å². The van der Waals surface area contributed by atoms with Crippen molar-refractivity contribution in [3.63, 3.8) is 0 Å². The van der Waals surface area contributed by atoms with E-state index < -0.39 is 0 Å². The first-order chi connectivity index (χ1) is 15.3. The molecule has 1 N–H and O–H groups in total. The Balaban J connectivity index is 1.36. The average molecular weight is 437 g/mol. The molecule has 170 valence electrons. The molecule has 2 aromatic carbocycles. The van der Waals surface area contributed by atoms with Crippen LogP contribution in [0.5, 0.6) is 5.75 Å². The first-order valence-electron chi connectivity index (χ1n) is 11.2. The standard InChI is InChI=1S/C26H32N2O4/c1-18-4-7-21(8-5-18)23(29)9-11-25(30)27-22-12-14-28(15-13-22)26(31)17-32-24-10-6-19(2)16-20(24)3/h4-8,10,16,22H,9,11-15,17H2,1-3H3,(H,27,30). The number of ketones is 1. The van der Waals surface area contributed by atoms with Gasteiger partial charge in [-0.15, -0.1) is 0 Å². The van der Waals surface area contributed by atoms with Crippen LogP contribution in [0.1, 0.15) is 52.7 Å². The van der Waals surface area contributed by atoms with E-state index in [1.54, 1.807) is 17.0 Å². The SMILES string of the molecule is Cc1ccc(C(=O)CCC(=O)NC2CCN(C(=O)COc3ccc(C)cc3C)CC2)cc1. The number of hydrogen-bond donors (Lipinski definition) is 1. The predicted octanol–water partition coefficient (Wildman–Crippen LogP) is 3.76. The van der Waals surface area contributed by atoms with Crippen LogP contribution in [0.25, 0.3) is 0 Å². The summed E-state index contributed by atoms with van der Waals surface area (Å²) in [6.07, 6.45) is 1.78. The normalized spacial score (nSPS) is 14.2. The van der Waals surface area contributed by atoms with Crippen LogP contribution in [0, 0.1) is 20.8 Å². The van der Waals surface area contributed by atoms with E-state index in [9.17, 15) is 14.4 Å². The molecular weight excluding hydrogens is 404 g/mol. The van der Waals surface area contributed by atoms with Gasteiger partial charge in [0.1, 0.15) is 5.75 Å². The number of nitrogens with one attached hydrogen (secondary N) is 1. The van der Waals surface area contributed by atoms with Crippen molar-refractivity contribution in [3.05, 3.63) is 64.7 Å². The van der Waals surface area contributed by atoms with Gasteiger partial charge in [-0.1, -0.05) is 47.5 Å². The molecule has 1 aliphatic rings. The molecule has 0 atom stereocenters. The minimum Gasteiger partial charge on any atom is -0.484 e. The number of rotatable bonds is 8. The third-order valence-corrected chi connectivity index (χ3v) is 5.85. The highest BCUT2D eigenvalue weighted by molar-refractivity contribution is 5.98. The lowest BCUT2D eigenvalue weighted by atomic mass is 10.0. The molecule has 0 aromatic heterocycles. The number of aryl methyl sites for hydroxylation is 3. The van der Waals surface area contributed by atoms with Crippen LogP contribution < -0.4 is 10.1 Å². The minimum absolute atomic E-state index is 0.0159. The van der Waals surface area contributed by atoms with E-state index in [2.05, 4.69) is 5.32 Å². The Kier molecular flexibility index (Phi) is 8.03. The Morgan fingerprint density at radius 1 is 0.938 bits per heavy atom. The second-order valence-electron chi connectivity index (χ2n) is 8.57. The summed E-state index contributed by atoms with van der Waals surface area (Å²) in [7, 11) is 0. The molecule has 1 saturated heterocycles. The predicted molar refractivity (Wildman–Crippen MR) is 124 cm³/mol. The number of piperidine rings is 1. The van der Waals surface area contributed by atoms with Crippen molar-refractivity contribution >= 4 is 17.6 Å². The Labute approximate surface area is 189 Å². The Bertz CT molecular complexity index is 960. The van der Waals surface area contributed by atoms with Gasteiger partial charge in [-0.25, -0.2) is 0 Å². The van der Waals surface area contributed by atoms with Gasteiger partial charge in [-0.3, -0.25) is 14.4 Å². The van der Waals surface area contributed by atoms with E-state index in [1.165, 1.54) is 0 Å². The highest BCUT2D eigenvalue weighted by Crippen LogP contribution is 2.19. The third kappa shape index (κ3) is 6.67. The van der Waals surface area contributed by atoms with Crippen molar-refractivity contribution in [2.24, 2.45) is 0 Å². The Morgan fingerprint density at radius 2 is 1.59 bits per heavy atom. The molecule has 6 heteroatoms. The fourth-order valence-electron chi connectivity index (χ4n) is 3.88. The minimum atomic E-state index is -0.117. The summed E-state index contributed by atoms with van der Waals surface area (Å²) in [4.78, 5) is 38.8. The van der Waals surface area contributed by atoms with Gasteiger partial charge in [-0.05, 0) is 45.2 Å². The van der Waals surface area contributed by atoms with Gasteiger partial charge in [-0.2, -0.15) is 0 Å². The number of benzene rings is 2. The summed E-state index contributed by atoms with van der Waals surface area (Å²) in [6, 6.07) is 13.3. The molecule has 0 aliphatic carbocycles. The maximum atomic E-state index is 12.5. The van der Waals surface area contributed by atoms with E-state index in [4.69, 9.17) is 4.74 Å². The number of likely N-dealkylation sites (tertiary alicyclic amines) is 1. The van der Waals surface area contributed by atoms with E-state index in [1.807, 2.05) is 51.1 Å². The van der Waals surface area contributed by atoms with Crippen LogP contribution in [0.2, 0.25) is 0 Å². The monoisotopic (exact) mass is 436 g/mol. The maximum Gasteiger partial charge on any atom is 0.260 e. The first-order valence-corrected chi connectivity index (χ1v) is 11.2. The molecule has 0 spiro atoms. The van der Waals surface area contributed by atoms with Gasteiger partial charge in [0.2, 0.25) is 5.91 Å². The van der Waals surface area contributed by atoms with Crippen LogP contribution in [0.4, 0.5) is 0 Å². The van der Waals surface area contributed by atoms with Gasteiger partial charge in [0, 0.05) is 37.5 Å². The molecular formula is C26H32N2O4. The third-order valence-electron chi connectivity index (χ3n) is 5.85. The summed E-state index contributed by atoms with van der Waals surface area (Å²) in [6.45, 7) is 7.15. The summed E-state index contributed by atoms with van der Waals surface area (Å²) in [5.74, 6) is 0.544. The van der Waals surface area contributed by atoms with Gasteiger partial charge >= 0.3 is 0 Å². The highest BCUT2D eigenvalue weighted by atomic mass is 16.5. The summed E-state index contributed by atoms with van der Waals surface area (Å²) in [5, 5.41) is 3.00. The lowest BCUT2D eigenvalue weighted by Crippen LogP contribution is -2.47. The molecule has 2 aromatic rings. The van der Waals surface area contributed by atoms with Crippen molar-refractivity contribution in [3.8, 4) is 5.75 Å². The molecule has 2 amide bonds. The second kappa shape index (κ2) is 10.9. The number of hydrogen-bond acceptors (Lipinski definition) is 4. The quantitative estimate of drug-likeness (QED) is 0.640. The van der Waals surface area contributed by atoms with E-state index >= 15 is 0 Å². The number of carbonyl (C=O) groups excluding carboxylic acids is 3. The van der Waals surface area contributed by atoms with Crippen LogP contribution in [0.15, 0.2) is 42.5 Å². The molecule has 1 heterocycles. The number of carbonyl (C=O) groups is 3. The first kappa shape index (κ1) is 23.5. The van der Waals surface area contributed by atoms with Crippen molar-refractivity contribution in [2.45, 2.75) is 52.5 Å². The highest BCUT2D eigenvalue weighted by Gasteiger charge is 2.24. The van der Waals surface area contributed by atoms with Crippen molar-refractivity contribution in [1.29, 1.82) is 0 Å². The number of ether oxygens (including phenoxy) is 1. The van der Waals surface area contributed by atoms with Crippen molar-refractivity contribution in [2.75, 3.05) is 19.7 Å². The molecule has 1 fully saturated rings. The van der Waals surface area contributed by atoms with Crippen LogP contribution in [-0.2, 0) is 9.59 Å². The smallest absolute Gasteiger partial charge is 0.260 e. The summed E-state index contributed by atoms with van der Waals surface area (Å²) < 4.78 is 5.70. The van der Waals surface area contributed by atoms with E-state index in [-0.39, 0.29) is 43.1 Å². The molecule has 32 heavy (non-hydrogen) atoms. The molecule has 0 bridgehead atoms. The Hall–Kier alpha value is -3.15. The van der Waals surface area contributed by atoms with Crippen molar-refractivity contribution < 1.29 is 19.1 Å². The fourth-order valence-corrected chi connectivity index (χ4v) is 3.88. The zero-order valence-electron chi connectivity index (χ0n) is 19.1. The largest absolute Gasteiger partial charge is 0.484 e. The van der Waals surface area contributed by atoms with Crippen LogP contribution in [0.3, 0.4) is 0 Å². The summed E-state index contributed by atoms with van der Waals surface area (Å²) in [5.41, 5.74) is 3.91. The molecule has 0 radical (unpaired) electrons. The Morgan fingerprint density at radius 3 is 2.25 bits per heavy atom. The lowest BCUT2D eigenvalue weighted by Gasteiger charge is -2.32. The van der Waals surface area contributed by atoms with Crippen molar-refractivity contribution in [1.82, 2.24) is 10.2 Å². The van der Waals surface area contributed by atoms with Crippen LogP contribution in [-0.4, -0.2) is 48.2 Å². The van der Waals surface area contributed by atoms with Gasteiger partial charge in [0.15, 0.2) is 12.4 Å². The number of amides is 2. The topological polar surface area (TPSA) is 75.7 Å². The number of nitrogens with zero attached hydrogens (tertiary/aromatic N) is 1.